The number of hydrogen-bond acceptors (Lipinski definition) is 10. The molecule has 2 N–H and O–H groups in total. The largest absolute Gasteiger partial charge is 0.453 e. The van der Waals surface area contributed by atoms with Gasteiger partial charge in [-0.25, -0.2) is 23.7 Å². The van der Waals surface area contributed by atoms with E-state index in [0.29, 0.717) is 69.9 Å². The highest BCUT2D eigenvalue weighted by molar-refractivity contribution is 5.93. The minimum atomic E-state index is -4.82. The van der Waals surface area contributed by atoms with Gasteiger partial charge in [0, 0.05) is 51.7 Å². The van der Waals surface area contributed by atoms with Crippen LogP contribution < -0.4 is 15.5 Å². The van der Waals surface area contributed by atoms with Crippen molar-refractivity contribution < 1.29 is 41.4 Å². The lowest BCUT2D eigenvalue weighted by molar-refractivity contribution is -0.166. The van der Waals surface area contributed by atoms with E-state index < -0.39 is 29.6 Å². The number of morpholine rings is 1. The summed E-state index contributed by atoms with van der Waals surface area (Å²) < 4.78 is 67.1. The second-order valence-electron chi connectivity index (χ2n) is 11.5. The van der Waals surface area contributed by atoms with E-state index in [1.807, 2.05) is 11.0 Å². The van der Waals surface area contributed by atoms with E-state index >= 15 is 0 Å². The average molecular weight is 662 g/mol. The number of nitrogens with one attached hydrogen (secondary N) is 2. The number of pyridine rings is 1. The fourth-order valence-electron chi connectivity index (χ4n) is 6.10. The van der Waals surface area contributed by atoms with Gasteiger partial charge in [0.05, 0.1) is 43.5 Å². The van der Waals surface area contributed by atoms with E-state index in [2.05, 4.69) is 41.9 Å². The van der Waals surface area contributed by atoms with Crippen molar-refractivity contribution >= 4 is 35.1 Å². The Morgan fingerprint density at radius 2 is 1.89 bits per heavy atom. The van der Waals surface area contributed by atoms with Gasteiger partial charge >= 0.3 is 12.3 Å². The first-order chi connectivity index (χ1) is 22.4. The van der Waals surface area contributed by atoms with Crippen LogP contribution in [0.3, 0.4) is 0 Å². The Hall–Kier alpha value is -4.84. The normalized spacial score (nSPS) is 17.6. The molecule has 3 aromatic heterocycles. The van der Waals surface area contributed by atoms with Crippen molar-refractivity contribution in [2.75, 3.05) is 69.8 Å². The SMILES string of the molecule is C=C(F)C(=O)NCC(=O)N1CCC12CN(Cc1cc3c(N4CCOCC4)nc(-c4cnc(NC(=O)OC)cc4C(F)(F)F)nn3c1)C2. The molecule has 6 rings (SSSR count). The van der Waals surface area contributed by atoms with E-state index in [4.69, 9.17) is 4.74 Å². The molecule has 0 unspecified atom stereocenters. The maximum Gasteiger partial charge on any atom is 0.417 e. The van der Waals surface area contributed by atoms with Crippen LogP contribution in [0.5, 0.6) is 0 Å². The number of anilines is 2. The summed E-state index contributed by atoms with van der Waals surface area (Å²) in [6.07, 6.45) is -2.30. The van der Waals surface area contributed by atoms with Crippen molar-refractivity contribution in [1.82, 2.24) is 34.7 Å². The molecule has 6 heterocycles. The van der Waals surface area contributed by atoms with Gasteiger partial charge in [0.1, 0.15) is 11.3 Å². The number of fused-ring (bicyclic) bond motifs is 1. The highest BCUT2D eigenvalue weighted by Gasteiger charge is 2.54. The van der Waals surface area contributed by atoms with E-state index in [9.17, 15) is 31.9 Å². The fraction of sp³-hybridized carbons (Fsp3) is 0.448. The summed E-state index contributed by atoms with van der Waals surface area (Å²) in [4.78, 5) is 50.0. The number of carbonyl (C=O) groups is 3. The van der Waals surface area contributed by atoms with Gasteiger partial charge in [0.25, 0.3) is 5.91 Å². The van der Waals surface area contributed by atoms with Crippen molar-refractivity contribution in [2.24, 2.45) is 0 Å². The highest BCUT2D eigenvalue weighted by Crippen LogP contribution is 2.41. The molecule has 1 spiro atoms. The van der Waals surface area contributed by atoms with Crippen molar-refractivity contribution in [3.05, 3.63) is 48.1 Å². The number of methoxy groups -OCH3 is 1. The van der Waals surface area contributed by atoms with Crippen LogP contribution in [-0.2, 0) is 31.8 Å². The summed E-state index contributed by atoms with van der Waals surface area (Å²) >= 11 is 0. The van der Waals surface area contributed by atoms with Crippen LogP contribution in [0.1, 0.15) is 17.5 Å². The molecule has 0 atom stereocenters. The van der Waals surface area contributed by atoms with E-state index in [1.165, 1.54) is 4.52 Å². The Balaban J connectivity index is 1.25. The zero-order chi connectivity index (χ0) is 33.5. The second-order valence-corrected chi connectivity index (χ2v) is 11.5. The molecule has 0 aliphatic carbocycles. The van der Waals surface area contributed by atoms with Crippen molar-refractivity contribution in [3.63, 3.8) is 0 Å². The predicted molar refractivity (Wildman–Crippen MR) is 158 cm³/mol. The smallest absolute Gasteiger partial charge is 0.417 e. The van der Waals surface area contributed by atoms with Crippen LogP contribution in [0.2, 0.25) is 0 Å². The summed E-state index contributed by atoms with van der Waals surface area (Å²) in [5, 5.41) is 8.82. The molecule has 250 valence electrons. The molecule has 47 heavy (non-hydrogen) atoms. The summed E-state index contributed by atoms with van der Waals surface area (Å²) in [5.74, 6) is -2.61. The van der Waals surface area contributed by atoms with Gasteiger partial charge in [-0.1, -0.05) is 6.58 Å². The molecule has 0 saturated carbocycles. The molecule has 3 aliphatic rings. The van der Waals surface area contributed by atoms with Crippen molar-refractivity contribution in [2.45, 2.75) is 24.7 Å². The topological polar surface area (TPSA) is 147 Å². The van der Waals surface area contributed by atoms with Gasteiger partial charge in [-0.3, -0.25) is 19.8 Å². The molecule has 3 aromatic rings. The maximum atomic E-state index is 14.3. The minimum Gasteiger partial charge on any atom is -0.453 e. The molecule has 3 aliphatic heterocycles. The monoisotopic (exact) mass is 661 g/mol. The molecule has 3 saturated heterocycles. The second kappa shape index (κ2) is 12.4. The fourth-order valence-corrected chi connectivity index (χ4v) is 6.10. The average Bonchev–Trinajstić information content (AvgIpc) is 3.42. The number of carbonyl (C=O) groups excluding carboxylic acids is 3. The third-order valence-corrected chi connectivity index (χ3v) is 8.44. The van der Waals surface area contributed by atoms with Crippen LogP contribution in [-0.4, -0.2) is 112 Å². The lowest BCUT2D eigenvalue weighted by atomic mass is 9.77. The van der Waals surface area contributed by atoms with Crippen LogP contribution in [0.25, 0.3) is 16.9 Å². The van der Waals surface area contributed by atoms with E-state index in [-0.39, 0.29) is 35.2 Å². The quantitative estimate of drug-likeness (QED) is 0.272. The van der Waals surface area contributed by atoms with Gasteiger partial charge in [-0.15, -0.1) is 5.10 Å². The lowest BCUT2D eigenvalue weighted by Gasteiger charge is -2.62. The lowest BCUT2D eigenvalue weighted by Crippen LogP contribution is -2.78. The number of hydrogen-bond donors (Lipinski definition) is 2. The molecule has 14 nitrogen and oxygen atoms in total. The van der Waals surface area contributed by atoms with E-state index in [0.717, 1.165) is 25.3 Å². The number of ether oxygens (including phenoxy) is 2. The number of nitrogens with zero attached hydrogens (tertiary/aromatic N) is 7. The summed E-state index contributed by atoms with van der Waals surface area (Å²) in [6.45, 7) is 6.54. The van der Waals surface area contributed by atoms with Crippen LogP contribution in [0.4, 0.5) is 34.0 Å². The maximum absolute atomic E-state index is 14.3. The third-order valence-electron chi connectivity index (χ3n) is 8.44. The summed E-state index contributed by atoms with van der Waals surface area (Å²) in [5.41, 5.74) is -0.394. The Kier molecular flexibility index (Phi) is 8.47. The highest BCUT2D eigenvalue weighted by atomic mass is 19.4. The number of alkyl halides is 3. The summed E-state index contributed by atoms with van der Waals surface area (Å²) in [7, 11) is 1.08. The number of likely N-dealkylation sites (tertiary alicyclic amines) is 2. The number of rotatable bonds is 8. The first-order valence-corrected chi connectivity index (χ1v) is 14.7. The third kappa shape index (κ3) is 6.42. The van der Waals surface area contributed by atoms with Crippen molar-refractivity contribution in [1.29, 1.82) is 0 Å². The Morgan fingerprint density at radius 3 is 2.53 bits per heavy atom. The van der Waals surface area contributed by atoms with Crippen LogP contribution >= 0.6 is 0 Å². The summed E-state index contributed by atoms with van der Waals surface area (Å²) in [6, 6.07) is 2.59. The zero-order valence-corrected chi connectivity index (χ0v) is 25.3. The van der Waals surface area contributed by atoms with Crippen LogP contribution in [0.15, 0.2) is 36.9 Å². The van der Waals surface area contributed by atoms with Crippen molar-refractivity contribution in [3.8, 4) is 11.4 Å². The van der Waals surface area contributed by atoms with Gasteiger partial charge in [-0.2, -0.15) is 13.2 Å². The van der Waals surface area contributed by atoms with Gasteiger partial charge in [-0.05, 0) is 24.1 Å². The number of halogens is 4. The molecule has 18 heteroatoms. The molecular formula is C29H31F4N9O5. The molecule has 0 radical (unpaired) electrons. The van der Waals surface area contributed by atoms with E-state index in [1.54, 1.807) is 11.1 Å². The molecule has 3 amide bonds. The van der Waals surface area contributed by atoms with Crippen LogP contribution in [0, 0.1) is 0 Å². The minimum absolute atomic E-state index is 0.208. The van der Waals surface area contributed by atoms with Gasteiger partial charge in [0.15, 0.2) is 17.5 Å². The standard InChI is InChI=1S/C29H31F4N9O5/c1-17(30)26(44)35-12-23(43)41-4-3-28(41)15-39(16-28)13-18-9-21-25(40-5-7-47-8-6-40)37-24(38-42(21)14-18)19-11-34-22(36-27(45)46-2)10-20(19)29(31,32)33/h9-11,14H,1,3-8,12-13,15-16H2,2H3,(H,35,44)(H,34,36,45). The molecule has 0 bridgehead atoms. The Bertz CT molecular complexity index is 1730. The molecule has 0 aromatic carbocycles. The Morgan fingerprint density at radius 1 is 1.15 bits per heavy atom. The number of aromatic nitrogens is 4. The van der Waals surface area contributed by atoms with Gasteiger partial charge in [0.2, 0.25) is 5.91 Å². The molecular weight excluding hydrogens is 630 g/mol. The predicted octanol–water partition coefficient (Wildman–Crippen LogP) is 2.21. The zero-order valence-electron chi connectivity index (χ0n) is 25.3. The first kappa shape index (κ1) is 32.1. The Labute approximate surface area is 265 Å². The molecule has 3 fully saturated rings. The van der Waals surface area contributed by atoms with Gasteiger partial charge < -0.3 is 24.6 Å². The first-order valence-electron chi connectivity index (χ1n) is 14.7. The number of amides is 3.